The highest BCUT2D eigenvalue weighted by Crippen LogP contribution is 2.21. The predicted octanol–water partition coefficient (Wildman–Crippen LogP) is 2.99. The quantitative estimate of drug-likeness (QED) is 0.734. The van der Waals surface area contributed by atoms with Gasteiger partial charge in [0.25, 0.3) is 5.76 Å². The van der Waals surface area contributed by atoms with Gasteiger partial charge in [-0.1, -0.05) is 25.6 Å². The zero-order valence-corrected chi connectivity index (χ0v) is 13.3. The second-order valence-electron chi connectivity index (χ2n) is 5.12. The monoisotopic (exact) mass is 320 g/mol. The molecule has 0 fully saturated rings. The first-order valence-electron chi connectivity index (χ1n) is 6.84. The molecule has 0 aliphatic carbocycles. The van der Waals surface area contributed by atoms with Crippen molar-refractivity contribution in [1.82, 2.24) is 10.6 Å². The van der Waals surface area contributed by atoms with Crippen LogP contribution < -0.4 is 10.6 Å². The lowest BCUT2D eigenvalue weighted by atomic mass is 10.0. The topological polar surface area (TPSA) is 54.3 Å². The predicted molar refractivity (Wildman–Crippen MR) is 80.2 cm³/mol. The van der Waals surface area contributed by atoms with E-state index in [0.29, 0.717) is 42.2 Å². The smallest absolute Gasteiger partial charge is 0.284 e. The number of likely N-dealkylation sites (N-methyl/N-ethyl adjacent to an activating group) is 1. The Morgan fingerprint density at radius 3 is 2.57 bits per heavy atom. The normalized spacial score (nSPS) is 12.9. The SMILES string of the molecule is CNC(=O)C(CC(C)C)NCc1ccc(CSC(F)F)o1. The number of hydrogen-bond donors (Lipinski definition) is 2. The van der Waals surface area contributed by atoms with Gasteiger partial charge in [-0.2, -0.15) is 8.78 Å². The number of halogens is 2. The van der Waals surface area contributed by atoms with E-state index in [4.69, 9.17) is 4.42 Å². The number of thioether (sulfide) groups is 1. The van der Waals surface area contributed by atoms with Crippen LogP contribution in [0.2, 0.25) is 0 Å². The third-order valence-electron chi connectivity index (χ3n) is 2.86. The average molecular weight is 320 g/mol. The van der Waals surface area contributed by atoms with Crippen LogP contribution in [0.15, 0.2) is 16.5 Å². The molecule has 0 saturated heterocycles. The molecule has 0 aliphatic heterocycles. The van der Waals surface area contributed by atoms with Gasteiger partial charge in [0.15, 0.2) is 0 Å². The molecule has 1 rings (SSSR count). The first-order valence-corrected chi connectivity index (χ1v) is 7.89. The van der Waals surface area contributed by atoms with Crippen molar-refractivity contribution in [3.05, 3.63) is 23.7 Å². The lowest BCUT2D eigenvalue weighted by Gasteiger charge is -2.18. The van der Waals surface area contributed by atoms with Crippen LogP contribution in [0, 0.1) is 5.92 Å². The van der Waals surface area contributed by atoms with Gasteiger partial charge in [-0.3, -0.25) is 10.1 Å². The highest BCUT2D eigenvalue weighted by atomic mass is 32.2. The number of nitrogens with one attached hydrogen (secondary N) is 2. The van der Waals surface area contributed by atoms with Gasteiger partial charge >= 0.3 is 0 Å². The molecule has 4 nitrogen and oxygen atoms in total. The highest BCUT2D eigenvalue weighted by Gasteiger charge is 2.18. The van der Waals surface area contributed by atoms with Gasteiger partial charge in [-0.25, -0.2) is 0 Å². The molecule has 0 aliphatic rings. The summed E-state index contributed by atoms with van der Waals surface area (Å²) in [5.41, 5.74) is 0. The lowest BCUT2D eigenvalue weighted by molar-refractivity contribution is -0.123. The van der Waals surface area contributed by atoms with Crippen molar-refractivity contribution in [2.24, 2.45) is 5.92 Å². The van der Waals surface area contributed by atoms with Crippen LogP contribution in [-0.2, 0) is 17.1 Å². The van der Waals surface area contributed by atoms with Gasteiger partial charge in [0.2, 0.25) is 5.91 Å². The van der Waals surface area contributed by atoms with E-state index in [9.17, 15) is 13.6 Å². The fourth-order valence-corrected chi connectivity index (χ4v) is 2.34. The molecule has 1 aromatic rings. The molecule has 1 aromatic heterocycles. The summed E-state index contributed by atoms with van der Waals surface area (Å²) in [6.45, 7) is 4.48. The van der Waals surface area contributed by atoms with Gasteiger partial charge in [0, 0.05) is 7.05 Å². The van der Waals surface area contributed by atoms with E-state index in [2.05, 4.69) is 10.6 Å². The number of carbonyl (C=O) groups is 1. The molecule has 7 heteroatoms. The molecular weight excluding hydrogens is 298 g/mol. The number of carbonyl (C=O) groups excluding carboxylic acids is 1. The third-order valence-corrected chi connectivity index (χ3v) is 3.56. The van der Waals surface area contributed by atoms with E-state index in [0.717, 1.165) is 0 Å². The summed E-state index contributed by atoms with van der Waals surface area (Å²) in [5, 5.41) is 5.76. The molecule has 0 saturated carbocycles. The maximum absolute atomic E-state index is 12.1. The van der Waals surface area contributed by atoms with Crippen LogP contribution in [-0.4, -0.2) is 24.8 Å². The van der Waals surface area contributed by atoms with Gasteiger partial charge in [0.05, 0.1) is 18.3 Å². The molecule has 1 unspecified atom stereocenters. The van der Waals surface area contributed by atoms with Crippen LogP contribution >= 0.6 is 11.8 Å². The Morgan fingerprint density at radius 1 is 1.33 bits per heavy atom. The molecule has 1 atom stereocenters. The van der Waals surface area contributed by atoms with Gasteiger partial charge in [-0.15, -0.1) is 0 Å². The van der Waals surface area contributed by atoms with Crippen molar-refractivity contribution in [2.45, 2.75) is 44.4 Å². The fourth-order valence-electron chi connectivity index (χ4n) is 1.89. The van der Waals surface area contributed by atoms with E-state index >= 15 is 0 Å². The molecule has 0 spiro atoms. The minimum atomic E-state index is -2.40. The second-order valence-corrected chi connectivity index (χ2v) is 6.10. The Hall–Kier alpha value is -1.08. The van der Waals surface area contributed by atoms with Crippen molar-refractivity contribution in [1.29, 1.82) is 0 Å². The average Bonchev–Trinajstić information content (AvgIpc) is 2.87. The summed E-state index contributed by atoms with van der Waals surface area (Å²) in [6.07, 6.45) is 0.717. The van der Waals surface area contributed by atoms with E-state index in [-0.39, 0.29) is 17.7 Å². The van der Waals surface area contributed by atoms with Crippen LogP contribution in [0.25, 0.3) is 0 Å². The Bertz CT molecular complexity index is 438. The third kappa shape index (κ3) is 6.95. The van der Waals surface area contributed by atoms with E-state index in [1.807, 2.05) is 13.8 Å². The minimum absolute atomic E-state index is 0.0660. The Morgan fingerprint density at radius 2 is 2.00 bits per heavy atom. The fraction of sp³-hybridized carbons (Fsp3) is 0.643. The Kier molecular flexibility index (Phi) is 7.74. The van der Waals surface area contributed by atoms with Crippen molar-refractivity contribution in [2.75, 3.05) is 7.05 Å². The molecule has 0 aromatic carbocycles. The number of amides is 1. The number of hydrogen-bond acceptors (Lipinski definition) is 4. The number of alkyl halides is 2. The first-order chi connectivity index (χ1) is 9.92. The summed E-state index contributed by atoms with van der Waals surface area (Å²) in [6, 6.07) is 3.13. The maximum Gasteiger partial charge on any atom is 0.284 e. The van der Waals surface area contributed by atoms with E-state index < -0.39 is 5.76 Å². The van der Waals surface area contributed by atoms with Crippen molar-refractivity contribution in [3.63, 3.8) is 0 Å². The lowest BCUT2D eigenvalue weighted by Crippen LogP contribution is -2.43. The summed E-state index contributed by atoms with van der Waals surface area (Å²) in [4.78, 5) is 11.8. The van der Waals surface area contributed by atoms with Gasteiger partial charge < -0.3 is 9.73 Å². The maximum atomic E-state index is 12.1. The Balaban J connectivity index is 2.49. The molecule has 2 N–H and O–H groups in total. The molecule has 1 heterocycles. The largest absolute Gasteiger partial charge is 0.464 e. The van der Waals surface area contributed by atoms with Crippen molar-refractivity contribution < 1.29 is 18.0 Å². The molecule has 0 radical (unpaired) electrons. The first kappa shape index (κ1) is 18.0. The van der Waals surface area contributed by atoms with Gasteiger partial charge in [-0.05, 0) is 24.5 Å². The van der Waals surface area contributed by atoms with Crippen molar-refractivity contribution in [3.8, 4) is 0 Å². The zero-order chi connectivity index (χ0) is 15.8. The summed E-state index contributed by atoms with van der Waals surface area (Å²) >= 11 is 0.527. The van der Waals surface area contributed by atoms with Crippen LogP contribution in [0.3, 0.4) is 0 Å². The molecule has 120 valence electrons. The number of rotatable bonds is 9. The van der Waals surface area contributed by atoms with Gasteiger partial charge in [0.1, 0.15) is 11.5 Å². The molecular formula is C14H22F2N2O2S. The molecule has 0 bridgehead atoms. The molecule has 21 heavy (non-hydrogen) atoms. The summed E-state index contributed by atoms with van der Waals surface area (Å²) < 4.78 is 29.6. The zero-order valence-electron chi connectivity index (χ0n) is 12.5. The van der Waals surface area contributed by atoms with Crippen LogP contribution in [0.1, 0.15) is 31.8 Å². The second kappa shape index (κ2) is 9.04. The van der Waals surface area contributed by atoms with E-state index in [1.165, 1.54) is 0 Å². The molecule has 1 amide bonds. The van der Waals surface area contributed by atoms with E-state index in [1.54, 1.807) is 19.2 Å². The van der Waals surface area contributed by atoms with Crippen LogP contribution in [0.4, 0.5) is 8.78 Å². The summed E-state index contributed by atoms with van der Waals surface area (Å²) in [7, 11) is 1.60. The van der Waals surface area contributed by atoms with Crippen LogP contribution in [0.5, 0.6) is 0 Å². The number of furan rings is 1. The minimum Gasteiger partial charge on any atom is -0.464 e. The van der Waals surface area contributed by atoms with Crippen molar-refractivity contribution >= 4 is 17.7 Å². The standard InChI is InChI=1S/C14H22F2N2O2S/c1-9(2)6-12(13(19)17-3)18-7-10-4-5-11(20-10)8-21-14(15)16/h4-5,9,12,14,18H,6-8H2,1-3H3,(H,17,19). The highest BCUT2D eigenvalue weighted by molar-refractivity contribution is 7.98. The summed E-state index contributed by atoms with van der Waals surface area (Å²) in [5.74, 6) is -0.795. The Labute approximate surface area is 128 Å².